The summed E-state index contributed by atoms with van der Waals surface area (Å²) in [5.41, 5.74) is -1.87. The van der Waals surface area contributed by atoms with Crippen molar-refractivity contribution in [3.63, 3.8) is 0 Å². The van der Waals surface area contributed by atoms with Gasteiger partial charge in [0.25, 0.3) is 0 Å². The largest absolute Gasteiger partial charge is 0.383 e. The van der Waals surface area contributed by atoms with E-state index in [4.69, 9.17) is 4.74 Å². The number of nitrogens with zero attached hydrogens (tertiary/aromatic N) is 1. The number of benzene rings is 1. The summed E-state index contributed by atoms with van der Waals surface area (Å²) >= 11 is 0. The molecule has 3 rings (SSSR count). The van der Waals surface area contributed by atoms with Crippen molar-refractivity contribution in [2.45, 2.75) is 50.4 Å². The molecule has 2 saturated heterocycles. The molecule has 1 aromatic rings. The van der Waals surface area contributed by atoms with E-state index in [1.165, 1.54) is 12.1 Å². The van der Waals surface area contributed by atoms with Crippen molar-refractivity contribution in [1.29, 1.82) is 5.26 Å². The summed E-state index contributed by atoms with van der Waals surface area (Å²) in [6.07, 6.45) is 2.40. The molecular weight excluding hydrogens is 257 g/mol. The van der Waals surface area contributed by atoms with Crippen LogP contribution in [0.4, 0.5) is 4.39 Å². The van der Waals surface area contributed by atoms with Gasteiger partial charge < -0.3 is 9.84 Å². The number of nitriles is 1. The quantitative estimate of drug-likeness (QED) is 0.922. The Morgan fingerprint density at radius 1 is 1.55 bits per heavy atom. The molecule has 4 heteroatoms. The molecule has 20 heavy (non-hydrogen) atoms. The zero-order valence-corrected chi connectivity index (χ0v) is 11.5. The molecule has 2 fully saturated rings. The lowest BCUT2D eigenvalue weighted by molar-refractivity contribution is -0.0942. The number of hydrogen-bond acceptors (Lipinski definition) is 3. The minimum absolute atomic E-state index is 0.0475. The number of fused-ring (bicyclic) bond motifs is 2. The van der Waals surface area contributed by atoms with E-state index in [1.54, 1.807) is 12.1 Å². The molecule has 0 saturated carbocycles. The summed E-state index contributed by atoms with van der Waals surface area (Å²) < 4.78 is 19.3. The van der Waals surface area contributed by atoms with Gasteiger partial charge in [0, 0.05) is 0 Å². The lowest BCUT2D eigenvalue weighted by Crippen LogP contribution is -2.50. The van der Waals surface area contributed by atoms with Gasteiger partial charge in [-0.2, -0.15) is 5.26 Å². The predicted octanol–water partition coefficient (Wildman–Crippen LogP) is 2.88. The van der Waals surface area contributed by atoms with Crippen LogP contribution >= 0.6 is 0 Å². The summed E-state index contributed by atoms with van der Waals surface area (Å²) in [5.74, 6) is -0.397. The van der Waals surface area contributed by atoms with Gasteiger partial charge in [-0.25, -0.2) is 4.39 Å². The fourth-order valence-electron chi connectivity index (χ4n) is 3.88. The Labute approximate surface area is 118 Å². The van der Waals surface area contributed by atoms with E-state index in [9.17, 15) is 14.8 Å². The minimum atomic E-state index is -1.37. The highest BCUT2D eigenvalue weighted by molar-refractivity contribution is 5.32. The van der Waals surface area contributed by atoms with E-state index in [0.29, 0.717) is 18.4 Å². The first-order chi connectivity index (χ1) is 9.55. The van der Waals surface area contributed by atoms with Crippen LogP contribution in [0, 0.1) is 22.6 Å². The average Bonchev–Trinajstić information content (AvgIpc) is 3.07. The van der Waals surface area contributed by atoms with Gasteiger partial charge in [0.1, 0.15) is 16.8 Å². The summed E-state index contributed by atoms with van der Waals surface area (Å²) in [6.45, 7) is 1.83. The topological polar surface area (TPSA) is 53.2 Å². The highest BCUT2D eigenvalue weighted by Crippen LogP contribution is 2.57. The van der Waals surface area contributed by atoms with E-state index in [-0.39, 0.29) is 12.2 Å². The van der Waals surface area contributed by atoms with Gasteiger partial charge in [-0.15, -0.1) is 0 Å². The lowest BCUT2D eigenvalue weighted by Gasteiger charge is -2.43. The fraction of sp³-hybridized carbons (Fsp3) is 0.562. The second kappa shape index (κ2) is 4.54. The number of ether oxygens (including phenoxy) is 1. The van der Waals surface area contributed by atoms with Crippen molar-refractivity contribution in [3.05, 3.63) is 35.6 Å². The molecular formula is C16H18FNO2. The molecule has 4 atom stereocenters. The van der Waals surface area contributed by atoms with Gasteiger partial charge >= 0.3 is 0 Å². The predicted molar refractivity (Wildman–Crippen MR) is 71.1 cm³/mol. The van der Waals surface area contributed by atoms with Crippen molar-refractivity contribution >= 4 is 0 Å². The molecule has 106 valence electrons. The molecule has 0 aromatic heterocycles. The summed E-state index contributed by atoms with van der Waals surface area (Å²) in [6, 6.07) is 8.26. The zero-order valence-electron chi connectivity index (χ0n) is 11.5. The van der Waals surface area contributed by atoms with Crippen LogP contribution in [0.2, 0.25) is 0 Å². The maximum Gasteiger partial charge on any atom is 0.123 e. The van der Waals surface area contributed by atoms with E-state index in [2.05, 4.69) is 6.07 Å². The highest BCUT2D eigenvalue weighted by Gasteiger charge is 2.63. The van der Waals surface area contributed by atoms with Crippen LogP contribution in [0.15, 0.2) is 24.3 Å². The van der Waals surface area contributed by atoms with E-state index < -0.39 is 16.8 Å². The Balaban J connectivity index is 2.10. The van der Waals surface area contributed by atoms with E-state index in [1.807, 2.05) is 6.92 Å². The second-order valence-electron chi connectivity index (χ2n) is 5.84. The maximum absolute atomic E-state index is 13.5. The molecule has 2 aliphatic heterocycles. The fourth-order valence-corrected chi connectivity index (χ4v) is 3.88. The van der Waals surface area contributed by atoms with Crippen LogP contribution < -0.4 is 0 Å². The minimum Gasteiger partial charge on any atom is -0.383 e. The maximum atomic E-state index is 13.5. The number of aliphatic hydroxyl groups is 1. The zero-order chi connectivity index (χ0) is 14.4. The average molecular weight is 275 g/mol. The normalized spacial score (nSPS) is 34.7. The summed E-state index contributed by atoms with van der Waals surface area (Å²) in [7, 11) is 0. The summed E-state index contributed by atoms with van der Waals surface area (Å²) in [5, 5.41) is 21.0. The first kappa shape index (κ1) is 13.5. The summed E-state index contributed by atoms with van der Waals surface area (Å²) in [4.78, 5) is 0. The Morgan fingerprint density at radius 3 is 2.85 bits per heavy atom. The van der Waals surface area contributed by atoms with Gasteiger partial charge in [0.15, 0.2) is 0 Å². The Bertz CT molecular complexity index is 570. The molecule has 2 aliphatic rings. The van der Waals surface area contributed by atoms with Crippen molar-refractivity contribution in [2.75, 3.05) is 0 Å². The van der Waals surface area contributed by atoms with Crippen molar-refractivity contribution in [1.82, 2.24) is 0 Å². The van der Waals surface area contributed by atoms with Gasteiger partial charge in [0.05, 0.1) is 18.3 Å². The van der Waals surface area contributed by atoms with Gasteiger partial charge in [-0.1, -0.05) is 19.1 Å². The SMILES string of the molecule is CCC(O)(c1cccc(F)c1)C1(C#N)CC2CCC1O2. The molecule has 0 spiro atoms. The van der Waals surface area contributed by atoms with Gasteiger partial charge in [-0.3, -0.25) is 0 Å². The first-order valence-electron chi connectivity index (χ1n) is 7.11. The van der Waals surface area contributed by atoms with Crippen LogP contribution in [0.25, 0.3) is 0 Å². The number of halogens is 1. The van der Waals surface area contributed by atoms with Gasteiger partial charge in [-0.05, 0) is 43.4 Å². The third-order valence-electron chi connectivity index (χ3n) is 4.96. The van der Waals surface area contributed by atoms with Crippen LogP contribution in [0.1, 0.15) is 38.2 Å². The molecule has 1 aromatic carbocycles. The molecule has 0 aliphatic carbocycles. The molecule has 0 amide bonds. The van der Waals surface area contributed by atoms with Crippen LogP contribution in [-0.2, 0) is 10.3 Å². The highest BCUT2D eigenvalue weighted by atomic mass is 19.1. The first-order valence-corrected chi connectivity index (χ1v) is 7.11. The molecule has 4 unspecified atom stereocenters. The number of rotatable bonds is 3. The van der Waals surface area contributed by atoms with Crippen LogP contribution in [0.3, 0.4) is 0 Å². The molecule has 0 radical (unpaired) electrons. The Hall–Kier alpha value is -1.44. The van der Waals surface area contributed by atoms with Crippen molar-refractivity contribution < 1.29 is 14.2 Å². The second-order valence-corrected chi connectivity index (χ2v) is 5.84. The van der Waals surface area contributed by atoms with Crippen molar-refractivity contribution in [3.8, 4) is 6.07 Å². The third kappa shape index (κ3) is 1.63. The van der Waals surface area contributed by atoms with E-state index in [0.717, 1.165) is 12.8 Å². The molecule has 2 bridgehead atoms. The Kier molecular flexibility index (Phi) is 3.07. The molecule has 3 nitrogen and oxygen atoms in total. The van der Waals surface area contributed by atoms with E-state index >= 15 is 0 Å². The number of hydrogen-bond donors (Lipinski definition) is 1. The lowest BCUT2D eigenvalue weighted by atomic mass is 9.60. The van der Waals surface area contributed by atoms with Crippen LogP contribution in [0.5, 0.6) is 0 Å². The monoisotopic (exact) mass is 275 g/mol. The molecule has 2 heterocycles. The Morgan fingerprint density at radius 2 is 2.35 bits per heavy atom. The molecule has 1 N–H and O–H groups in total. The van der Waals surface area contributed by atoms with Crippen molar-refractivity contribution in [2.24, 2.45) is 5.41 Å². The standard InChI is InChI=1S/C16H18FNO2/c1-2-16(19,11-4-3-5-12(17)8-11)15(10-18)9-13-6-7-14(15)20-13/h3-5,8,13-14,19H,2,6-7,9H2,1H3. The smallest absolute Gasteiger partial charge is 0.123 e. The van der Waals surface area contributed by atoms with Gasteiger partial charge in [0.2, 0.25) is 0 Å². The van der Waals surface area contributed by atoms with Crippen LogP contribution in [-0.4, -0.2) is 17.3 Å². The third-order valence-corrected chi connectivity index (χ3v) is 4.96.